The molecule has 4 aromatic carbocycles. The Morgan fingerprint density at radius 3 is 1.80 bits per heavy atom. The van der Waals surface area contributed by atoms with E-state index in [1.807, 2.05) is 103 Å². The van der Waals surface area contributed by atoms with Gasteiger partial charge in [-0.2, -0.15) is 0 Å². The SMILES string of the molecule is [Ir].[c-]1c(-c2ccccn2)cc2c3c1Oc1ccccc1N3c1ccccc1O2.[c-]1ccccc1-c1ccccn1. The molecule has 0 bridgehead atoms. The number of anilines is 3. The molecule has 195 valence electrons. The van der Waals surface area contributed by atoms with Crippen molar-refractivity contribution in [3.8, 4) is 45.5 Å². The molecular formula is C34H21IrN3O2-2. The molecule has 0 atom stereocenters. The van der Waals surface area contributed by atoms with Gasteiger partial charge in [-0.25, -0.2) is 0 Å². The van der Waals surface area contributed by atoms with Crippen molar-refractivity contribution in [3.63, 3.8) is 0 Å². The molecule has 0 unspecified atom stereocenters. The fraction of sp³-hybridized carbons (Fsp3) is 0. The number of pyridine rings is 2. The first-order valence-corrected chi connectivity index (χ1v) is 12.6. The van der Waals surface area contributed by atoms with E-state index in [0.29, 0.717) is 5.75 Å². The minimum Gasteiger partial charge on any atom is -0.473 e. The molecule has 5 nitrogen and oxygen atoms in total. The summed E-state index contributed by atoms with van der Waals surface area (Å²) >= 11 is 0. The van der Waals surface area contributed by atoms with Gasteiger partial charge in [0.15, 0.2) is 0 Å². The third kappa shape index (κ3) is 4.75. The zero-order chi connectivity index (χ0) is 26.0. The molecule has 40 heavy (non-hydrogen) atoms. The average Bonchev–Trinajstić information content (AvgIpc) is 3.02. The van der Waals surface area contributed by atoms with Crippen molar-refractivity contribution in [2.75, 3.05) is 4.90 Å². The van der Waals surface area contributed by atoms with Crippen LogP contribution >= 0.6 is 0 Å². The maximum absolute atomic E-state index is 6.23. The molecule has 2 aromatic heterocycles. The summed E-state index contributed by atoms with van der Waals surface area (Å²) in [6.07, 6.45) is 3.56. The summed E-state index contributed by atoms with van der Waals surface area (Å²) in [6, 6.07) is 44.0. The van der Waals surface area contributed by atoms with Gasteiger partial charge in [-0.05, 0) is 47.8 Å². The van der Waals surface area contributed by atoms with E-state index in [-0.39, 0.29) is 20.1 Å². The van der Waals surface area contributed by atoms with Gasteiger partial charge in [-0.3, -0.25) is 0 Å². The monoisotopic (exact) mass is 696 g/mol. The van der Waals surface area contributed by atoms with E-state index in [4.69, 9.17) is 9.47 Å². The Labute approximate surface area is 246 Å². The zero-order valence-corrected chi connectivity index (χ0v) is 23.5. The summed E-state index contributed by atoms with van der Waals surface area (Å²) in [5, 5.41) is 0. The fourth-order valence-electron chi connectivity index (χ4n) is 4.68. The first-order chi connectivity index (χ1) is 19.3. The molecule has 0 saturated heterocycles. The quantitative estimate of drug-likeness (QED) is 0.169. The van der Waals surface area contributed by atoms with Crippen LogP contribution in [0.2, 0.25) is 0 Å². The Bertz CT molecular complexity index is 1660. The van der Waals surface area contributed by atoms with Crippen molar-refractivity contribution in [2.24, 2.45) is 0 Å². The van der Waals surface area contributed by atoms with Crippen LogP contribution in [0.5, 0.6) is 23.0 Å². The van der Waals surface area contributed by atoms with Crippen LogP contribution in [0.15, 0.2) is 128 Å². The minimum atomic E-state index is 0. The second-order valence-electron chi connectivity index (χ2n) is 8.91. The van der Waals surface area contributed by atoms with Gasteiger partial charge in [0, 0.05) is 38.2 Å². The zero-order valence-electron chi connectivity index (χ0n) is 21.1. The van der Waals surface area contributed by atoms with Gasteiger partial charge in [0.05, 0.1) is 22.9 Å². The molecular weight excluding hydrogens is 675 g/mol. The summed E-state index contributed by atoms with van der Waals surface area (Å²) in [5.74, 6) is 2.98. The van der Waals surface area contributed by atoms with Crippen LogP contribution in [0, 0.1) is 12.1 Å². The van der Waals surface area contributed by atoms with Crippen LogP contribution in [-0.2, 0) is 20.1 Å². The largest absolute Gasteiger partial charge is 0.473 e. The number of para-hydroxylation sites is 4. The molecule has 6 heteroatoms. The van der Waals surface area contributed by atoms with Gasteiger partial charge in [0.25, 0.3) is 0 Å². The summed E-state index contributed by atoms with van der Waals surface area (Å²) < 4.78 is 12.4. The van der Waals surface area contributed by atoms with E-state index in [0.717, 1.165) is 56.8 Å². The molecule has 0 fully saturated rings. The van der Waals surface area contributed by atoms with Crippen LogP contribution in [-0.4, -0.2) is 9.97 Å². The Kier molecular flexibility index (Phi) is 7.11. The van der Waals surface area contributed by atoms with Crippen molar-refractivity contribution in [2.45, 2.75) is 0 Å². The standard InChI is InChI=1S/C23H13N2O2.C11H8N.Ir/c1-3-10-19-17(8-1)25-18-9-2-4-11-20(18)27-22-14-15(13-21(26-19)23(22)25)16-7-5-6-12-24-16;1-2-6-10(7-3-1)11-8-4-5-9-12-11;/h1-13H;1-6,8-9H;/q2*-1;. The average molecular weight is 696 g/mol. The Balaban J connectivity index is 0.000000188. The number of fused-ring (bicyclic) bond motifs is 4. The van der Waals surface area contributed by atoms with E-state index in [1.165, 1.54) is 0 Å². The summed E-state index contributed by atoms with van der Waals surface area (Å²) in [5.41, 5.74) is 6.52. The van der Waals surface area contributed by atoms with Crippen molar-refractivity contribution in [1.82, 2.24) is 9.97 Å². The van der Waals surface area contributed by atoms with Gasteiger partial charge in [-0.1, -0.05) is 60.7 Å². The van der Waals surface area contributed by atoms with Gasteiger partial charge in [-0.15, -0.1) is 41.5 Å². The van der Waals surface area contributed by atoms with Crippen LogP contribution in [0.1, 0.15) is 0 Å². The molecule has 6 aromatic rings. The van der Waals surface area contributed by atoms with Gasteiger partial charge >= 0.3 is 0 Å². The second kappa shape index (κ2) is 11.1. The van der Waals surface area contributed by atoms with Crippen LogP contribution in [0.4, 0.5) is 17.1 Å². The maximum Gasteiger partial charge on any atom is 0.148 e. The number of rotatable bonds is 2. The number of ether oxygens (including phenoxy) is 2. The molecule has 0 N–H and O–H groups in total. The molecule has 4 heterocycles. The van der Waals surface area contributed by atoms with Gasteiger partial charge in [0.1, 0.15) is 11.5 Å². The van der Waals surface area contributed by atoms with E-state index < -0.39 is 0 Å². The molecule has 8 rings (SSSR count). The molecule has 0 saturated carbocycles. The number of nitrogens with zero attached hydrogens (tertiary/aromatic N) is 3. The molecule has 1 radical (unpaired) electrons. The first-order valence-electron chi connectivity index (χ1n) is 12.6. The van der Waals surface area contributed by atoms with Crippen LogP contribution in [0.3, 0.4) is 0 Å². The fourth-order valence-corrected chi connectivity index (χ4v) is 4.68. The van der Waals surface area contributed by atoms with E-state index >= 15 is 0 Å². The van der Waals surface area contributed by atoms with E-state index in [1.54, 1.807) is 12.4 Å². The topological polar surface area (TPSA) is 47.5 Å². The Hall–Kier alpha value is -4.77. The van der Waals surface area contributed by atoms with Crippen molar-refractivity contribution >= 4 is 17.1 Å². The van der Waals surface area contributed by atoms with Crippen LogP contribution < -0.4 is 14.4 Å². The van der Waals surface area contributed by atoms with Crippen LogP contribution in [0.25, 0.3) is 22.5 Å². The Morgan fingerprint density at radius 1 is 0.575 bits per heavy atom. The Morgan fingerprint density at radius 2 is 1.18 bits per heavy atom. The molecule has 0 aliphatic carbocycles. The van der Waals surface area contributed by atoms with E-state index in [2.05, 4.69) is 39.1 Å². The molecule has 2 aliphatic rings. The third-order valence-corrected chi connectivity index (χ3v) is 6.43. The van der Waals surface area contributed by atoms with Gasteiger partial charge in [0.2, 0.25) is 0 Å². The van der Waals surface area contributed by atoms with Gasteiger partial charge < -0.3 is 24.3 Å². The third-order valence-electron chi connectivity index (χ3n) is 6.43. The second-order valence-corrected chi connectivity index (χ2v) is 8.91. The molecule has 0 spiro atoms. The minimum absolute atomic E-state index is 0. The number of aromatic nitrogens is 2. The normalized spacial score (nSPS) is 11.7. The maximum atomic E-state index is 6.23. The van der Waals surface area contributed by atoms with Crippen molar-refractivity contribution < 1.29 is 29.6 Å². The predicted octanol–water partition coefficient (Wildman–Crippen LogP) is 8.78. The molecule has 2 aliphatic heterocycles. The van der Waals surface area contributed by atoms with Crippen molar-refractivity contribution in [3.05, 3.63) is 140 Å². The number of hydrogen-bond acceptors (Lipinski definition) is 5. The summed E-state index contributed by atoms with van der Waals surface area (Å²) in [6.45, 7) is 0. The van der Waals surface area contributed by atoms with Crippen molar-refractivity contribution in [1.29, 1.82) is 0 Å². The predicted molar refractivity (Wildman–Crippen MR) is 152 cm³/mol. The number of hydrogen-bond donors (Lipinski definition) is 0. The van der Waals surface area contributed by atoms with E-state index in [9.17, 15) is 0 Å². The smallest absolute Gasteiger partial charge is 0.148 e. The molecule has 0 amide bonds. The first kappa shape index (κ1) is 25.5. The summed E-state index contributed by atoms with van der Waals surface area (Å²) in [7, 11) is 0. The summed E-state index contributed by atoms with van der Waals surface area (Å²) in [4.78, 5) is 10.8. The number of benzene rings is 4.